The molecule has 4 nitrogen and oxygen atoms in total. The van der Waals surface area contributed by atoms with Gasteiger partial charge >= 0.3 is 0 Å². The van der Waals surface area contributed by atoms with Gasteiger partial charge in [-0.3, -0.25) is 4.79 Å². The third-order valence-electron chi connectivity index (χ3n) is 4.03. The molecule has 1 aliphatic heterocycles. The van der Waals surface area contributed by atoms with Gasteiger partial charge in [-0.15, -0.1) is 11.3 Å². The van der Waals surface area contributed by atoms with E-state index in [0.717, 1.165) is 11.3 Å². The summed E-state index contributed by atoms with van der Waals surface area (Å²) in [5.74, 6) is -0.0161. The standard InChI is InChI=1S/C16H16ClNO3S2/c17-14-6-7-15(22-14)23(20,21)18-10-8-13(9-11-18)16(19)12-4-2-1-3-5-12/h1-7,13H,8-11H2. The first kappa shape index (κ1) is 16.6. The second kappa shape index (κ2) is 6.73. The number of halogens is 1. The summed E-state index contributed by atoms with van der Waals surface area (Å²) in [4.78, 5) is 12.4. The largest absolute Gasteiger partial charge is 0.294 e. The van der Waals surface area contributed by atoms with E-state index in [4.69, 9.17) is 11.6 Å². The number of carbonyl (C=O) groups excluding carboxylic acids is 1. The van der Waals surface area contributed by atoms with Crippen molar-refractivity contribution in [3.8, 4) is 0 Å². The van der Waals surface area contributed by atoms with Crippen LogP contribution in [0.3, 0.4) is 0 Å². The molecule has 0 N–H and O–H groups in total. The first-order chi connectivity index (χ1) is 11.0. The van der Waals surface area contributed by atoms with Crippen LogP contribution in [0.5, 0.6) is 0 Å². The first-order valence-electron chi connectivity index (χ1n) is 7.33. The Morgan fingerprint density at radius 3 is 2.30 bits per heavy atom. The number of carbonyl (C=O) groups is 1. The van der Waals surface area contributed by atoms with Crippen molar-refractivity contribution < 1.29 is 13.2 Å². The predicted octanol–water partition coefficient (Wildman–Crippen LogP) is 3.69. The maximum Gasteiger partial charge on any atom is 0.252 e. The molecule has 1 aromatic heterocycles. The number of sulfonamides is 1. The zero-order valence-corrected chi connectivity index (χ0v) is 14.7. The molecule has 1 saturated heterocycles. The monoisotopic (exact) mass is 369 g/mol. The van der Waals surface area contributed by atoms with E-state index < -0.39 is 10.0 Å². The highest BCUT2D eigenvalue weighted by Gasteiger charge is 2.33. The van der Waals surface area contributed by atoms with Crippen LogP contribution >= 0.6 is 22.9 Å². The molecule has 23 heavy (non-hydrogen) atoms. The fraction of sp³-hybridized carbons (Fsp3) is 0.312. The van der Waals surface area contributed by atoms with Gasteiger partial charge in [-0.1, -0.05) is 41.9 Å². The Hall–Kier alpha value is -1.21. The summed E-state index contributed by atoms with van der Waals surface area (Å²) in [6.07, 6.45) is 1.10. The minimum atomic E-state index is -3.50. The summed E-state index contributed by atoms with van der Waals surface area (Å²) in [6, 6.07) is 12.3. The molecular formula is C16H16ClNO3S2. The topological polar surface area (TPSA) is 54.5 Å². The van der Waals surface area contributed by atoms with Gasteiger partial charge in [0.15, 0.2) is 5.78 Å². The number of thiophene rings is 1. The Kier molecular flexibility index (Phi) is 4.87. The third kappa shape index (κ3) is 3.50. The molecule has 122 valence electrons. The summed E-state index contributed by atoms with van der Waals surface area (Å²) < 4.78 is 27.2. The van der Waals surface area contributed by atoms with Crippen molar-refractivity contribution in [2.24, 2.45) is 5.92 Å². The van der Waals surface area contributed by atoms with E-state index in [2.05, 4.69) is 0 Å². The molecule has 0 radical (unpaired) electrons. The van der Waals surface area contributed by atoms with Gasteiger partial charge in [0, 0.05) is 24.6 Å². The average molecular weight is 370 g/mol. The SMILES string of the molecule is O=C(c1ccccc1)C1CCN(S(=O)(=O)c2ccc(Cl)s2)CC1. The number of hydrogen-bond donors (Lipinski definition) is 0. The molecule has 1 aromatic carbocycles. The fourth-order valence-corrected chi connectivity index (χ4v) is 5.87. The zero-order valence-electron chi connectivity index (χ0n) is 12.3. The van der Waals surface area contributed by atoms with Crippen molar-refractivity contribution in [3.05, 3.63) is 52.4 Å². The lowest BCUT2D eigenvalue weighted by Crippen LogP contribution is -2.40. The molecule has 3 rings (SSSR count). The summed E-state index contributed by atoms with van der Waals surface area (Å²) in [5.41, 5.74) is 0.693. The number of hydrogen-bond acceptors (Lipinski definition) is 4. The number of piperidine rings is 1. The van der Waals surface area contributed by atoms with Gasteiger partial charge in [-0.05, 0) is 25.0 Å². The quantitative estimate of drug-likeness (QED) is 0.772. The van der Waals surface area contributed by atoms with E-state index in [9.17, 15) is 13.2 Å². The van der Waals surface area contributed by atoms with E-state index >= 15 is 0 Å². The molecule has 7 heteroatoms. The fourth-order valence-electron chi connectivity index (χ4n) is 2.76. The van der Waals surface area contributed by atoms with Crippen molar-refractivity contribution in [3.63, 3.8) is 0 Å². The summed E-state index contributed by atoms with van der Waals surface area (Å²) in [5, 5.41) is 0. The average Bonchev–Trinajstić information content (AvgIpc) is 3.02. The molecule has 1 fully saturated rings. The second-order valence-electron chi connectivity index (χ2n) is 5.47. The number of benzene rings is 1. The van der Waals surface area contributed by atoms with Gasteiger partial charge < -0.3 is 0 Å². The minimum absolute atomic E-state index is 0.0989. The van der Waals surface area contributed by atoms with E-state index in [1.165, 1.54) is 10.4 Å². The van der Waals surface area contributed by atoms with Crippen LogP contribution < -0.4 is 0 Å². The van der Waals surface area contributed by atoms with Crippen molar-refractivity contribution in [1.82, 2.24) is 4.31 Å². The summed E-state index contributed by atoms with van der Waals surface area (Å²) >= 11 is 6.89. The Morgan fingerprint density at radius 1 is 1.09 bits per heavy atom. The Morgan fingerprint density at radius 2 is 1.74 bits per heavy atom. The number of nitrogens with zero attached hydrogens (tertiary/aromatic N) is 1. The first-order valence-corrected chi connectivity index (χ1v) is 9.96. The van der Waals surface area contributed by atoms with E-state index in [-0.39, 0.29) is 15.9 Å². The Balaban J connectivity index is 1.68. The van der Waals surface area contributed by atoms with Crippen LogP contribution in [0.4, 0.5) is 0 Å². The van der Waals surface area contributed by atoms with Crippen LogP contribution in [0, 0.1) is 5.92 Å². The van der Waals surface area contributed by atoms with E-state index in [1.54, 1.807) is 18.2 Å². The zero-order chi connectivity index (χ0) is 16.4. The van der Waals surface area contributed by atoms with Gasteiger partial charge in [-0.2, -0.15) is 4.31 Å². The molecule has 2 heterocycles. The van der Waals surface area contributed by atoms with Gasteiger partial charge in [-0.25, -0.2) is 8.42 Å². The minimum Gasteiger partial charge on any atom is -0.294 e. The van der Waals surface area contributed by atoms with Gasteiger partial charge in [0.1, 0.15) is 4.21 Å². The van der Waals surface area contributed by atoms with Crippen LogP contribution in [0.1, 0.15) is 23.2 Å². The molecule has 0 aliphatic carbocycles. The Bertz CT molecular complexity index is 794. The van der Waals surface area contributed by atoms with Gasteiger partial charge in [0.05, 0.1) is 4.34 Å². The predicted molar refractivity (Wildman–Crippen MR) is 91.6 cm³/mol. The highest BCUT2D eigenvalue weighted by atomic mass is 35.5. The van der Waals surface area contributed by atoms with Crippen molar-refractivity contribution in [2.75, 3.05) is 13.1 Å². The molecule has 0 amide bonds. The number of Topliss-reactive ketones (excluding diaryl/α,β-unsaturated/α-hetero) is 1. The van der Waals surface area contributed by atoms with Crippen LogP contribution in [0.2, 0.25) is 4.34 Å². The maximum absolute atomic E-state index is 12.5. The van der Waals surface area contributed by atoms with Gasteiger partial charge in [0.2, 0.25) is 0 Å². The molecule has 0 bridgehead atoms. The van der Waals surface area contributed by atoms with E-state index in [1.807, 2.05) is 18.2 Å². The lowest BCUT2D eigenvalue weighted by Gasteiger charge is -2.30. The summed E-state index contributed by atoms with van der Waals surface area (Å²) in [7, 11) is -3.50. The van der Waals surface area contributed by atoms with Crippen molar-refractivity contribution >= 4 is 38.7 Å². The molecule has 1 aliphatic rings. The number of ketones is 1. The van der Waals surface area contributed by atoms with Crippen LogP contribution in [-0.4, -0.2) is 31.6 Å². The maximum atomic E-state index is 12.5. The van der Waals surface area contributed by atoms with Gasteiger partial charge in [0.25, 0.3) is 10.0 Å². The van der Waals surface area contributed by atoms with Crippen LogP contribution in [0.15, 0.2) is 46.7 Å². The van der Waals surface area contributed by atoms with Crippen molar-refractivity contribution in [2.45, 2.75) is 17.1 Å². The second-order valence-corrected chi connectivity index (χ2v) is 9.35. The lowest BCUT2D eigenvalue weighted by atomic mass is 9.90. The molecule has 2 aromatic rings. The highest BCUT2D eigenvalue weighted by Crippen LogP contribution is 2.31. The Labute approximate surface area is 144 Å². The molecule has 0 spiro atoms. The van der Waals surface area contributed by atoms with E-state index in [0.29, 0.717) is 35.8 Å². The van der Waals surface area contributed by atoms with Crippen molar-refractivity contribution in [1.29, 1.82) is 0 Å². The molecule has 0 saturated carbocycles. The summed E-state index contributed by atoms with van der Waals surface area (Å²) in [6.45, 7) is 0.724. The van der Waals surface area contributed by atoms with Crippen LogP contribution in [0.25, 0.3) is 0 Å². The lowest BCUT2D eigenvalue weighted by molar-refractivity contribution is 0.0875. The van der Waals surface area contributed by atoms with Crippen LogP contribution in [-0.2, 0) is 10.0 Å². The number of rotatable bonds is 4. The molecular weight excluding hydrogens is 354 g/mol. The normalized spacial score (nSPS) is 17.3. The molecule has 0 atom stereocenters. The highest BCUT2D eigenvalue weighted by molar-refractivity contribution is 7.91. The molecule has 0 unspecified atom stereocenters. The smallest absolute Gasteiger partial charge is 0.252 e. The third-order valence-corrected chi connectivity index (χ3v) is 7.62.